The molecule has 1 heterocycles. The first kappa shape index (κ1) is 13.4. The number of imidazole rings is 1. The molecule has 3 nitrogen and oxygen atoms in total. The van der Waals surface area contributed by atoms with Gasteiger partial charge in [-0.1, -0.05) is 34.1 Å². The minimum absolute atomic E-state index is 0.712. The van der Waals surface area contributed by atoms with Gasteiger partial charge < -0.3 is 14.3 Å². The molecule has 0 fully saturated rings. The summed E-state index contributed by atoms with van der Waals surface area (Å²) in [6.07, 6.45) is 0. The number of nitrogens with zero attached hydrogens (tertiary/aromatic N) is 1. The molecule has 0 aliphatic rings. The summed E-state index contributed by atoms with van der Waals surface area (Å²) in [6, 6.07) is 14.1. The lowest BCUT2D eigenvalue weighted by molar-refractivity contribution is 0.415. The van der Waals surface area contributed by atoms with Gasteiger partial charge in [-0.15, -0.1) is 0 Å². The molecule has 1 N–H and O–H groups in total. The van der Waals surface area contributed by atoms with E-state index in [2.05, 4.69) is 31.5 Å². The van der Waals surface area contributed by atoms with Gasteiger partial charge >= 0.3 is 0 Å². The molecule has 5 heteroatoms. The van der Waals surface area contributed by atoms with Gasteiger partial charge in [0.2, 0.25) is 0 Å². The highest BCUT2D eigenvalue weighted by molar-refractivity contribution is 9.10. The third-order valence-electron chi connectivity index (χ3n) is 3.27. The number of H-pyrrole nitrogens is 1. The van der Waals surface area contributed by atoms with Crippen molar-refractivity contribution in [3.63, 3.8) is 0 Å². The molecule has 0 aliphatic heterocycles. The fourth-order valence-corrected chi connectivity index (χ4v) is 2.91. The summed E-state index contributed by atoms with van der Waals surface area (Å²) in [4.78, 5) is 3.22. The number of fused-ring (bicyclic) bond motifs is 1. The molecular formula is C15H13BrN2OS. The van der Waals surface area contributed by atoms with Crippen molar-refractivity contribution in [2.24, 2.45) is 0 Å². The van der Waals surface area contributed by atoms with E-state index in [0.29, 0.717) is 4.77 Å². The van der Waals surface area contributed by atoms with Crippen LogP contribution in [0.3, 0.4) is 0 Å². The molecule has 0 saturated carbocycles. The maximum Gasteiger partial charge on any atom is 0.178 e. The molecule has 0 saturated heterocycles. The van der Waals surface area contributed by atoms with Crippen molar-refractivity contribution in [2.75, 3.05) is 7.11 Å². The van der Waals surface area contributed by atoms with Gasteiger partial charge in [-0.3, -0.25) is 0 Å². The molecule has 3 aromatic rings. The number of ether oxygens (including phenoxy) is 1. The standard InChI is InChI=1S/C15H13BrN2OS/c1-19-11-6-7-14-13(8-11)17-15(20)18(14)9-10-4-2-3-5-12(10)16/h2-8H,9H2,1H3,(H,17,20). The van der Waals surface area contributed by atoms with Crippen molar-refractivity contribution in [3.05, 3.63) is 57.3 Å². The first-order chi connectivity index (χ1) is 9.69. The number of hydrogen-bond donors (Lipinski definition) is 1. The Balaban J connectivity index is 2.10. The van der Waals surface area contributed by atoms with Gasteiger partial charge in [0.15, 0.2) is 4.77 Å². The molecule has 0 amide bonds. The molecule has 20 heavy (non-hydrogen) atoms. The molecule has 0 spiro atoms. The van der Waals surface area contributed by atoms with Crippen LogP contribution in [0.25, 0.3) is 11.0 Å². The van der Waals surface area contributed by atoms with Crippen LogP contribution in [0.1, 0.15) is 5.56 Å². The van der Waals surface area contributed by atoms with Crippen molar-refractivity contribution < 1.29 is 4.74 Å². The zero-order chi connectivity index (χ0) is 14.1. The number of aromatic nitrogens is 2. The van der Waals surface area contributed by atoms with E-state index in [4.69, 9.17) is 17.0 Å². The molecule has 102 valence electrons. The number of rotatable bonds is 3. The van der Waals surface area contributed by atoms with Gasteiger partial charge in [-0.2, -0.15) is 0 Å². The van der Waals surface area contributed by atoms with Gasteiger partial charge in [0.25, 0.3) is 0 Å². The predicted molar refractivity (Wildman–Crippen MR) is 86.9 cm³/mol. The second kappa shape index (κ2) is 5.42. The minimum atomic E-state index is 0.712. The second-order valence-corrected chi connectivity index (χ2v) is 5.73. The number of benzene rings is 2. The van der Waals surface area contributed by atoms with Gasteiger partial charge in [0.05, 0.1) is 24.7 Å². The van der Waals surface area contributed by atoms with Crippen LogP contribution in [0.15, 0.2) is 46.9 Å². The second-order valence-electron chi connectivity index (χ2n) is 4.49. The van der Waals surface area contributed by atoms with Gasteiger partial charge in [0.1, 0.15) is 5.75 Å². The Hall–Kier alpha value is -1.59. The quantitative estimate of drug-likeness (QED) is 0.705. The van der Waals surface area contributed by atoms with Crippen LogP contribution in [0, 0.1) is 4.77 Å². The zero-order valence-electron chi connectivity index (χ0n) is 10.9. The Labute approximate surface area is 130 Å². The molecule has 0 aliphatic carbocycles. The molecule has 0 atom stereocenters. The van der Waals surface area contributed by atoms with Crippen molar-refractivity contribution >= 4 is 39.2 Å². The number of nitrogens with one attached hydrogen (secondary N) is 1. The average Bonchev–Trinajstić information content (AvgIpc) is 2.76. The fourth-order valence-electron chi connectivity index (χ4n) is 2.22. The van der Waals surface area contributed by atoms with Crippen LogP contribution in [0.5, 0.6) is 5.75 Å². The molecule has 0 radical (unpaired) electrons. The molecule has 0 bridgehead atoms. The van der Waals surface area contributed by atoms with Crippen LogP contribution >= 0.6 is 28.1 Å². The Morgan fingerprint density at radius 3 is 2.80 bits per heavy atom. The summed E-state index contributed by atoms with van der Waals surface area (Å²) in [6.45, 7) is 0.729. The predicted octanol–water partition coefficient (Wildman–Crippen LogP) is 4.52. The lowest BCUT2D eigenvalue weighted by Gasteiger charge is -2.07. The number of hydrogen-bond acceptors (Lipinski definition) is 2. The largest absolute Gasteiger partial charge is 0.497 e. The monoisotopic (exact) mass is 348 g/mol. The van der Waals surface area contributed by atoms with E-state index in [1.54, 1.807) is 7.11 Å². The van der Waals surface area contributed by atoms with Crippen LogP contribution in [0.4, 0.5) is 0 Å². The zero-order valence-corrected chi connectivity index (χ0v) is 13.3. The van der Waals surface area contributed by atoms with E-state index in [9.17, 15) is 0 Å². The summed E-state index contributed by atoms with van der Waals surface area (Å²) in [5.41, 5.74) is 3.26. The highest BCUT2D eigenvalue weighted by Gasteiger charge is 2.07. The first-order valence-corrected chi connectivity index (χ1v) is 7.39. The Kier molecular flexibility index (Phi) is 3.63. The maximum absolute atomic E-state index is 5.43. The summed E-state index contributed by atoms with van der Waals surface area (Å²) in [5.74, 6) is 0.821. The Morgan fingerprint density at radius 2 is 2.05 bits per heavy atom. The smallest absolute Gasteiger partial charge is 0.178 e. The molecule has 1 aromatic heterocycles. The first-order valence-electron chi connectivity index (χ1n) is 6.19. The van der Waals surface area contributed by atoms with E-state index in [-0.39, 0.29) is 0 Å². The van der Waals surface area contributed by atoms with Gasteiger partial charge in [-0.25, -0.2) is 0 Å². The summed E-state index contributed by atoms with van der Waals surface area (Å²) in [5, 5.41) is 0. The molecular weight excluding hydrogens is 336 g/mol. The Morgan fingerprint density at radius 1 is 1.25 bits per heavy atom. The highest BCUT2D eigenvalue weighted by atomic mass is 79.9. The van der Waals surface area contributed by atoms with Crippen molar-refractivity contribution in [1.82, 2.24) is 9.55 Å². The highest BCUT2D eigenvalue weighted by Crippen LogP contribution is 2.23. The van der Waals surface area contributed by atoms with Crippen molar-refractivity contribution in [3.8, 4) is 5.75 Å². The van der Waals surface area contributed by atoms with Crippen LogP contribution in [-0.2, 0) is 6.54 Å². The fraction of sp³-hybridized carbons (Fsp3) is 0.133. The number of halogens is 1. The normalized spacial score (nSPS) is 10.9. The van der Waals surface area contributed by atoms with E-state index in [1.165, 1.54) is 5.56 Å². The van der Waals surface area contributed by atoms with Crippen LogP contribution in [-0.4, -0.2) is 16.7 Å². The minimum Gasteiger partial charge on any atom is -0.497 e. The number of aromatic amines is 1. The van der Waals surface area contributed by atoms with E-state index >= 15 is 0 Å². The topological polar surface area (TPSA) is 29.9 Å². The van der Waals surface area contributed by atoms with E-state index in [0.717, 1.165) is 27.8 Å². The van der Waals surface area contributed by atoms with Gasteiger partial charge in [0, 0.05) is 10.5 Å². The third-order valence-corrected chi connectivity index (χ3v) is 4.36. The lowest BCUT2D eigenvalue weighted by atomic mass is 10.2. The summed E-state index contributed by atoms with van der Waals surface area (Å²) in [7, 11) is 1.66. The average molecular weight is 349 g/mol. The van der Waals surface area contributed by atoms with E-state index < -0.39 is 0 Å². The van der Waals surface area contributed by atoms with E-state index in [1.807, 2.05) is 36.4 Å². The van der Waals surface area contributed by atoms with Crippen LogP contribution < -0.4 is 4.74 Å². The maximum atomic E-state index is 5.43. The number of methoxy groups -OCH3 is 1. The van der Waals surface area contributed by atoms with Crippen molar-refractivity contribution in [1.29, 1.82) is 0 Å². The molecule has 0 unspecified atom stereocenters. The molecule has 3 rings (SSSR count). The SMILES string of the molecule is COc1ccc2c(c1)[nH]c(=S)n2Cc1ccccc1Br. The Bertz CT molecular complexity index is 822. The third kappa shape index (κ3) is 2.39. The van der Waals surface area contributed by atoms with Gasteiger partial charge in [-0.05, 0) is 36.0 Å². The molecule has 2 aromatic carbocycles. The summed E-state index contributed by atoms with van der Waals surface area (Å²) >= 11 is 9.00. The van der Waals surface area contributed by atoms with Crippen LogP contribution in [0.2, 0.25) is 0 Å². The van der Waals surface area contributed by atoms with Crippen molar-refractivity contribution in [2.45, 2.75) is 6.54 Å². The lowest BCUT2D eigenvalue weighted by Crippen LogP contribution is -2.00. The summed E-state index contributed by atoms with van der Waals surface area (Å²) < 4.78 is 9.13.